The zero-order chi connectivity index (χ0) is 17.5. The van der Waals surface area contributed by atoms with Gasteiger partial charge in [-0.25, -0.2) is 5.43 Å². The molecule has 2 aromatic rings. The molecule has 0 bridgehead atoms. The summed E-state index contributed by atoms with van der Waals surface area (Å²) in [4.78, 5) is 11.8. The SMILES string of the molecule is O=C(COc1ccc(C2SCCS2)cc1)N/N=C\c1cccc(Cl)c1. The number of nitrogens with one attached hydrogen (secondary N) is 1. The Bertz CT molecular complexity index is 747. The summed E-state index contributed by atoms with van der Waals surface area (Å²) in [6, 6.07) is 15.1. The molecule has 0 aromatic heterocycles. The molecule has 25 heavy (non-hydrogen) atoms. The minimum atomic E-state index is -0.316. The second-order valence-electron chi connectivity index (χ2n) is 5.28. The molecule has 0 unspecified atom stereocenters. The lowest BCUT2D eigenvalue weighted by Gasteiger charge is -2.10. The molecule has 1 saturated heterocycles. The van der Waals surface area contributed by atoms with Crippen LogP contribution in [-0.2, 0) is 4.79 Å². The van der Waals surface area contributed by atoms with Crippen molar-refractivity contribution in [2.24, 2.45) is 5.10 Å². The van der Waals surface area contributed by atoms with Crippen molar-refractivity contribution in [3.8, 4) is 5.75 Å². The largest absolute Gasteiger partial charge is 0.484 e. The molecule has 0 saturated carbocycles. The Labute approximate surface area is 160 Å². The number of halogens is 1. The van der Waals surface area contributed by atoms with Crippen LogP contribution in [0.1, 0.15) is 15.7 Å². The standard InChI is InChI=1S/C18H17ClN2O2S2/c19-15-3-1-2-13(10-15)11-20-21-17(22)12-23-16-6-4-14(5-7-16)18-24-8-9-25-18/h1-7,10-11,18H,8-9,12H2,(H,21,22)/b20-11-. The quantitative estimate of drug-likeness (QED) is 0.586. The fourth-order valence-electron chi connectivity index (χ4n) is 2.22. The Hall–Kier alpha value is -1.63. The van der Waals surface area contributed by atoms with Gasteiger partial charge in [-0.3, -0.25) is 4.79 Å². The van der Waals surface area contributed by atoms with E-state index in [1.165, 1.54) is 23.3 Å². The second-order valence-corrected chi connectivity index (χ2v) is 8.44. The number of carbonyl (C=O) groups is 1. The summed E-state index contributed by atoms with van der Waals surface area (Å²) in [7, 11) is 0. The molecular weight excluding hydrogens is 376 g/mol. The summed E-state index contributed by atoms with van der Waals surface area (Å²) >= 11 is 9.81. The topological polar surface area (TPSA) is 50.7 Å². The minimum absolute atomic E-state index is 0.0842. The first-order valence-electron chi connectivity index (χ1n) is 7.74. The van der Waals surface area contributed by atoms with Gasteiger partial charge in [-0.15, -0.1) is 23.5 Å². The number of ether oxygens (including phenoxy) is 1. The number of rotatable bonds is 6. The third-order valence-electron chi connectivity index (χ3n) is 3.40. The molecule has 3 rings (SSSR count). The van der Waals surface area contributed by atoms with Gasteiger partial charge in [0.1, 0.15) is 5.75 Å². The molecule has 1 fully saturated rings. The van der Waals surface area contributed by atoms with E-state index in [0.717, 1.165) is 5.56 Å². The molecule has 2 aromatic carbocycles. The maximum atomic E-state index is 11.8. The zero-order valence-corrected chi connectivity index (χ0v) is 15.7. The van der Waals surface area contributed by atoms with Crippen LogP contribution in [0.3, 0.4) is 0 Å². The van der Waals surface area contributed by atoms with Crippen LogP contribution < -0.4 is 10.2 Å². The molecule has 1 aliphatic heterocycles. The fraction of sp³-hybridized carbons (Fsp3) is 0.222. The van der Waals surface area contributed by atoms with Crippen LogP contribution in [0.5, 0.6) is 5.75 Å². The average Bonchev–Trinajstić information content (AvgIpc) is 3.15. The molecule has 1 heterocycles. The molecule has 0 atom stereocenters. The molecule has 1 N–H and O–H groups in total. The Balaban J connectivity index is 1.44. The van der Waals surface area contributed by atoms with Gasteiger partial charge in [-0.2, -0.15) is 5.10 Å². The lowest BCUT2D eigenvalue weighted by molar-refractivity contribution is -0.123. The highest BCUT2D eigenvalue weighted by Crippen LogP contribution is 2.45. The lowest BCUT2D eigenvalue weighted by atomic mass is 10.2. The summed E-state index contributed by atoms with van der Waals surface area (Å²) in [5.41, 5.74) is 4.53. The van der Waals surface area contributed by atoms with Gasteiger partial charge < -0.3 is 4.74 Å². The van der Waals surface area contributed by atoms with E-state index < -0.39 is 0 Å². The van der Waals surface area contributed by atoms with E-state index in [-0.39, 0.29) is 12.5 Å². The van der Waals surface area contributed by atoms with E-state index in [1.54, 1.807) is 12.1 Å². The number of thioether (sulfide) groups is 2. The Morgan fingerprint density at radius 1 is 1.24 bits per heavy atom. The molecule has 1 amide bonds. The number of hydrogen-bond acceptors (Lipinski definition) is 5. The van der Waals surface area contributed by atoms with Crippen LogP contribution in [0, 0.1) is 0 Å². The molecule has 4 nitrogen and oxygen atoms in total. The van der Waals surface area contributed by atoms with Gasteiger partial charge in [0, 0.05) is 16.5 Å². The summed E-state index contributed by atoms with van der Waals surface area (Å²) < 4.78 is 6.00. The Morgan fingerprint density at radius 2 is 2.00 bits per heavy atom. The monoisotopic (exact) mass is 392 g/mol. The third-order valence-corrected chi connectivity index (χ3v) is 6.74. The first-order chi connectivity index (χ1) is 12.2. The van der Waals surface area contributed by atoms with Crippen molar-refractivity contribution in [1.29, 1.82) is 0 Å². The number of carbonyl (C=O) groups excluding carboxylic acids is 1. The van der Waals surface area contributed by atoms with Crippen LogP contribution >= 0.6 is 35.1 Å². The van der Waals surface area contributed by atoms with Crippen LogP contribution in [0.25, 0.3) is 0 Å². The summed E-state index contributed by atoms with van der Waals surface area (Å²) in [5.74, 6) is 2.75. The molecule has 0 spiro atoms. The van der Waals surface area contributed by atoms with Crippen molar-refractivity contribution >= 4 is 47.2 Å². The van der Waals surface area contributed by atoms with Gasteiger partial charge in [-0.1, -0.05) is 35.9 Å². The van der Waals surface area contributed by atoms with E-state index >= 15 is 0 Å². The number of benzene rings is 2. The van der Waals surface area contributed by atoms with Gasteiger partial charge in [0.25, 0.3) is 5.91 Å². The van der Waals surface area contributed by atoms with Gasteiger partial charge in [0.05, 0.1) is 10.8 Å². The summed E-state index contributed by atoms with van der Waals surface area (Å²) in [6.45, 7) is -0.0842. The molecule has 130 valence electrons. The smallest absolute Gasteiger partial charge is 0.277 e. The highest BCUT2D eigenvalue weighted by molar-refractivity contribution is 8.19. The van der Waals surface area contributed by atoms with Crippen molar-refractivity contribution in [2.75, 3.05) is 18.1 Å². The van der Waals surface area contributed by atoms with Crippen molar-refractivity contribution in [2.45, 2.75) is 4.58 Å². The van der Waals surface area contributed by atoms with E-state index in [0.29, 0.717) is 15.4 Å². The number of amides is 1. The molecule has 0 radical (unpaired) electrons. The lowest BCUT2D eigenvalue weighted by Crippen LogP contribution is -2.24. The van der Waals surface area contributed by atoms with E-state index in [2.05, 4.69) is 22.7 Å². The van der Waals surface area contributed by atoms with Crippen LogP contribution in [0.2, 0.25) is 5.02 Å². The van der Waals surface area contributed by atoms with Gasteiger partial charge in [-0.05, 0) is 35.4 Å². The molecule has 0 aliphatic carbocycles. The Kier molecular flexibility index (Phi) is 6.67. The van der Waals surface area contributed by atoms with Crippen molar-refractivity contribution in [1.82, 2.24) is 5.43 Å². The second kappa shape index (κ2) is 9.17. The van der Waals surface area contributed by atoms with Gasteiger partial charge in [0.15, 0.2) is 6.61 Å². The van der Waals surface area contributed by atoms with Gasteiger partial charge >= 0.3 is 0 Å². The maximum Gasteiger partial charge on any atom is 0.277 e. The number of nitrogens with zero attached hydrogens (tertiary/aromatic N) is 1. The average molecular weight is 393 g/mol. The predicted octanol–water partition coefficient (Wildman–Crippen LogP) is 4.35. The van der Waals surface area contributed by atoms with Crippen LogP contribution in [0.15, 0.2) is 53.6 Å². The van der Waals surface area contributed by atoms with Crippen molar-refractivity contribution in [3.05, 3.63) is 64.7 Å². The molecule has 7 heteroatoms. The highest BCUT2D eigenvalue weighted by Gasteiger charge is 2.17. The van der Waals surface area contributed by atoms with E-state index in [4.69, 9.17) is 16.3 Å². The third kappa shape index (κ3) is 5.70. The predicted molar refractivity (Wildman–Crippen MR) is 107 cm³/mol. The summed E-state index contributed by atoms with van der Waals surface area (Å²) in [6.07, 6.45) is 1.54. The first kappa shape index (κ1) is 18.2. The number of hydrazone groups is 1. The molecule has 1 aliphatic rings. The first-order valence-corrected chi connectivity index (χ1v) is 10.2. The Morgan fingerprint density at radius 3 is 2.72 bits per heavy atom. The molecular formula is C18H17ClN2O2S2. The van der Waals surface area contributed by atoms with Crippen molar-refractivity contribution < 1.29 is 9.53 Å². The van der Waals surface area contributed by atoms with Crippen LogP contribution in [0.4, 0.5) is 0 Å². The summed E-state index contributed by atoms with van der Waals surface area (Å²) in [5, 5.41) is 4.51. The van der Waals surface area contributed by atoms with Crippen molar-refractivity contribution in [3.63, 3.8) is 0 Å². The highest BCUT2D eigenvalue weighted by atomic mass is 35.5. The minimum Gasteiger partial charge on any atom is -0.484 e. The zero-order valence-electron chi connectivity index (χ0n) is 13.4. The number of hydrogen-bond donors (Lipinski definition) is 1. The maximum absolute atomic E-state index is 11.8. The fourth-order valence-corrected chi connectivity index (χ4v) is 5.28. The van der Waals surface area contributed by atoms with Crippen LogP contribution in [-0.4, -0.2) is 30.2 Å². The van der Waals surface area contributed by atoms with E-state index in [1.807, 2.05) is 47.8 Å². The van der Waals surface area contributed by atoms with E-state index in [9.17, 15) is 4.79 Å². The van der Waals surface area contributed by atoms with Gasteiger partial charge in [0.2, 0.25) is 0 Å². The normalized spacial score (nSPS) is 14.8.